The maximum Gasteiger partial charge on any atom is 0.374 e. The molecule has 0 spiro atoms. The molecular weight excluding hydrogens is 184 g/mol. The average molecular weight is 198 g/mol. The number of carbonyl (C=O) groups excluding carboxylic acids is 2. The Morgan fingerprint density at radius 2 is 2.07 bits per heavy atom. The molecule has 0 radical (unpaired) electrons. The zero-order valence-corrected chi connectivity index (χ0v) is 8.41. The molecule has 4 nitrogen and oxygen atoms in total. The van der Waals surface area contributed by atoms with Crippen molar-refractivity contribution >= 4 is 11.9 Å². The van der Waals surface area contributed by atoms with Crippen molar-refractivity contribution in [3.8, 4) is 0 Å². The van der Waals surface area contributed by atoms with Crippen LogP contribution in [0.1, 0.15) is 20.3 Å². The maximum atomic E-state index is 11.2. The van der Waals surface area contributed by atoms with Crippen molar-refractivity contribution in [2.24, 2.45) is 0 Å². The molecule has 0 aromatic heterocycles. The molecule has 0 saturated carbocycles. The van der Waals surface area contributed by atoms with Crippen LogP contribution in [0.2, 0.25) is 0 Å². The smallest absolute Gasteiger partial charge is 0.374 e. The Labute approximate surface area is 83.2 Å². The lowest BCUT2D eigenvalue weighted by atomic mass is 10.4. The van der Waals surface area contributed by atoms with Crippen LogP contribution >= 0.6 is 0 Å². The summed E-state index contributed by atoms with van der Waals surface area (Å²) in [6, 6.07) is 0. The first-order chi connectivity index (χ1) is 6.65. The third-order valence-corrected chi connectivity index (χ3v) is 1.28. The molecule has 0 rings (SSSR count). The van der Waals surface area contributed by atoms with Gasteiger partial charge in [-0.25, -0.2) is 9.59 Å². The van der Waals surface area contributed by atoms with E-state index in [1.807, 2.05) is 6.92 Å². The van der Waals surface area contributed by atoms with E-state index in [-0.39, 0.29) is 5.76 Å². The highest BCUT2D eigenvalue weighted by Crippen LogP contribution is 2.02. The molecule has 78 valence electrons. The van der Waals surface area contributed by atoms with Gasteiger partial charge in [-0.05, 0) is 19.4 Å². The molecule has 0 unspecified atom stereocenters. The van der Waals surface area contributed by atoms with Crippen LogP contribution in [0, 0.1) is 0 Å². The Morgan fingerprint density at radius 3 is 2.50 bits per heavy atom. The first-order valence-electron chi connectivity index (χ1n) is 4.33. The fourth-order valence-corrected chi connectivity index (χ4v) is 0.634. The lowest BCUT2D eigenvalue weighted by Gasteiger charge is -2.05. The molecule has 0 saturated heterocycles. The second-order valence-electron chi connectivity index (χ2n) is 2.41. The molecule has 0 aliphatic rings. The molecule has 0 aliphatic carbocycles. The van der Waals surface area contributed by atoms with E-state index in [4.69, 9.17) is 4.74 Å². The van der Waals surface area contributed by atoms with Crippen LogP contribution in [0.25, 0.3) is 0 Å². The number of ether oxygens (including phenoxy) is 2. The second kappa shape index (κ2) is 6.88. The van der Waals surface area contributed by atoms with Gasteiger partial charge in [-0.15, -0.1) is 0 Å². The SMILES string of the molecule is C=CC(=O)OC(=CC)C(=O)OCCC. The van der Waals surface area contributed by atoms with Gasteiger partial charge in [0.1, 0.15) is 0 Å². The standard InChI is InChI=1S/C10H14O4/c1-4-7-13-10(12)8(5-2)14-9(11)6-3/h5-6H,3-4,7H2,1-2H3. The Morgan fingerprint density at radius 1 is 1.43 bits per heavy atom. The van der Waals surface area contributed by atoms with Crippen LogP contribution in [-0.2, 0) is 19.1 Å². The number of hydrogen-bond donors (Lipinski definition) is 0. The van der Waals surface area contributed by atoms with Gasteiger partial charge in [0.2, 0.25) is 5.76 Å². The average Bonchev–Trinajstić information content (AvgIpc) is 2.21. The van der Waals surface area contributed by atoms with Gasteiger partial charge < -0.3 is 9.47 Å². The molecule has 0 fully saturated rings. The van der Waals surface area contributed by atoms with Crippen LogP contribution in [-0.4, -0.2) is 18.5 Å². The molecule has 0 heterocycles. The highest BCUT2D eigenvalue weighted by Gasteiger charge is 2.13. The third kappa shape index (κ3) is 4.45. The van der Waals surface area contributed by atoms with Crippen molar-refractivity contribution in [1.29, 1.82) is 0 Å². The summed E-state index contributed by atoms with van der Waals surface area (Å²) < 4.78 is 9.41. The first kappa shape index (κ1) is 12.4. The monoisotopic (exact) mass is 198 g/mol. The van der Waals surface area contributed by atoms with E-state index in [1.54, 1.807) is 6.92 Å². The molecule has 14 heavy (non-hydrogen) atoms. The Kier molecular flexibility index (Phi) is 6.11. The molecule has 0 atom stereocenters. The number of hydrogen-bond acceptors (Lipinski definition) is 4. The summed E-state index contributed by atoms with van der Waals surface area (Å²) in [7, 11) is 0. The highest BCUT2D eigenvalue weighted by atomic mass is 16.6. The summed E-state index contributed by atoms with van der Waals surface area (Å²) in [4.78, 5) is 22.0. The molecule has 0 bridgehead atoms. The van der Waals surface area contributed by atoms with E-state index in [2.05, 4.69) is 11.3 Å². The second-order valence-corrected chi connectivity index (χ2v) is 2.41. The fourth-order valence-electron chi connectivity index (χ4n) is 0.634. The van der Waals surface area contributed by atoms with Crippen molar-refractivity contribution in [1.82, 2.24) is 0 Å². The summed E-state index contributed by atoms with van der Waals surface area (Å²) in [5.74, 6) is -1.42. The summed E-state index contributed by atoms with van der Waals surface area (Å²) in [6.07, 6.45) is 3.08. The number of rotatable bonds is 5. The summed E-state index contributed by atoms with van der Waals surface area (Å²) >= 11 is 0. The van der Waals surface area contributed by atoms with Gasteiger partial charge in [-0.3, -0.25) is 0 Å². The van der Waals surface area contributed by atoms with Crippen molar-refractivity contribution < 1.29 is 19.1 Å². The van der Waals surface area contributed by atoms with Gasteiger partial charge in [0.05, 0.1) is 6.61 Å². The van der Waals surface area contributed by atoms with Gasteiger partial charge in [-0.2, -0.15) is 0 Å². The molecular formula is C10H14O4. The van der Waals surface area contributed by atoms with Gasteiger partial charge in [0.25, 0.3) is 0 Å². The van der Waals surface area contributed by atoms with E-state index in [0.29, 0.717) is 6.61 Å². The van der Waals surface area contributed by atoms with Crippen molar-refractivity contribution in [2.45, 2.75) is 20.3 Å². The lowest BCUT2D eigenvalue weighted by Crippen LogP contribution is -2.13. The van der Waals surface area contributed by atoms with E-state index < -0.39 is 11.9 Å². The predicted octanol–water partition coefficient (Wildman–Crippen LogP) is 1.57. The number of carbonyl (C=O) groups is 2. The molecule has 0 amide bonds. The van der Waals surface area contributed by atoms with Crippen LogP contribution in [0.5, 0.6) is 0 Å². The van der Waals surface area contributed by atoms with Gasteiger partial charge in [0, 0.05) is 6.08 Å². The zero-order chi connectivity index (χ0) is 11.0. The van der Waals surface area contributed by atoms with Crippen molar-refractivity contribution in [3.63, 3.8) is 0 Å². The minimum absolute atomic E-state index is 0.108. The van der Waals surface area contributed by atoms with Gasteiger partial charge >= 0.3 is 11.9 Å². The molecule has 0 aromatic carbocycles. The van der Waals surface area contributed by atoms with E-state index in [1.165, 1.54) is 6.08 Å². The quantitative estimate of drug-likeness (QED) is 0.382. The number of esters is 2. The van der Waals surface area contributed by atoms with E-state index in [9.17, 15) is 9.59 Å². The topological polar surface area (TPSA) is 52.6 Å². The lowest BCUT2D eigenvalue weighted by molar-refractivity contribution is -0.149. The van der Waals surface area contributed by atoms with Crippen LogP contribution in [0.3, 0.4) is 0 Å². The van der Waals surface area contributed by atoms with Gasteiger partial charge in [0.15, 0.2) is 0 Å². The zero-order valence-electron chi connectivity index (χ0n) is 8.41. The van der Waals surface area contributed by atoms with Crippen molar-refractivity contribution in [2.75, 3.05) is 6.61 Å². The molecule has 4 heteroatoms. The number of allylic oxidation sites excluding steroid dienone is 1. The largest absolute Gasteiger partial charge is 0.460 e. The van der Waals surface area contributed by atoms with Crippen LogP contribution in [0.15, 0.2) is 24.5 Å². The van der Waals surface area contributed by atoms with Crippen LogP contribution in [0.4, 0.5) is 0 Å². The molecule has 0 aliphatic heterocycles. The Bertz CT molecular complexity index is 253. The summed E-state index contributed by atoms with van der Waals surface area (Å²) in [5, 5.41) is 0. The molecule has 0 N–H and O–H groups in total. The first-order valence-corrected chi connectivity index (χ1v) is 4.33. The minimum atomic E-state index is -0.674. The minimum Gasteiger partial charge on any atom is -0.460 e. The summed E-state index contributed by atoms with van der Waals surface area (Å²) in [5.41, 5.74) is 0. The highest BCUT2D eigenvalue weighted by molar-refractivity contribution is 5.92. The molecule has 0 aromatic rings. The predicted molar refractivity (Wildman–Crippen MR) is 51.3 cm³/mol. The van der Waals surface area contributed by atoms with E-state index in [0.717, 1.165) is 12.5 Å². The Hall–Kier alpha value is -1.58. The fraction of sp³-hybridized carbons (Fsp3) is 0.400. The van der Waals surface area contributed by atoms with Crippen molar-refractivity contribution in [3.05, 3.63) is 24.5 Å². The maximum absolute atomic E-state index is 11.2. The Balaban J connectivity index is 4.21. The summed E-state index contributed by atoms with van der Waals surface area (Å²) in [6.45, 7) is 6.98. The third-order valence-electron chi connectivity index (χ3n) is 1.28. The van der Waals surface area contributed by atoms with Gasteiger partial charge in [-0.1, -0.05) is 13.5 Å². The van der Waals surface area contributed by atoms with Crippen LogP contribution < -0.4 is 0 Å². The normalized spacial score (nSPS) is 10.6. The van der Waals surface area contributed by atoms with E-state index >= 15 is 0 Å².